The first-order valence-electron chi connectivity index (χ1n) is 7.08. The molecule has 1 saturated heterocycles. The highest BCUT2D eigenvalue weighted by atomic mass is 15.2. The van der Waals surface area contributed by atoms with Crippen molar-refractivity contribution >= 4 is 16.7 Å². The molecular weight excluding hydrogens is 234 g/mol. The Morgan fingerprint density at radius 1 is 1.21 bits per heavy atom. The minimum atomic E-state index is 0.557. The minimum Gasteiger partial charge on any atom is -0.354 e. The van der Waals surface area contributed by atoms with Crippen molar-refractivity contribution < 1.29 is 0 Å². The van der Waals surface area contributed by atoms with Crippen LogP contribution in [0.1, 0.15) is 13.8 Å². The van der Waals surface area contributed by atoms with Gasteiger partial charge in [0.15, 0.2) is 0 Å². The van der Waals surface area contributed by atoms with E-state index in [-0.39, 0.29) is 0 Å². The lowest BCUT2D eigenvalue weighted by Gasteiger charge is -2.36. The van der Waals surface area contributed by atoms with E-state index in [0.717, 1.165) is 31.0 Å². The summed E-state index contributed by atoms with van der Waals surface area (Å²) >= 11 is 0. The number of pyridine rings is 1. The number of para-hydroxylation sites is 1. The molecule has 0 bridgehead atoms. The molecule has 1 aromatic heterocycles. The first kappa shape index (κ1) is 12.4. The van der Waals surface area contributed by atoms with E-state index in [9.17, 15) is 0 Å². The van der Waals surface area contributed by atoms with Crippen LogP contribution >= 0.6 is 0 Å². The highest BCUT2D eigenvalue weighted by Gasteiger charge is 2.22. The van der Waals surface area contributed by atoms with Gasteiger partial charge in [-0.05, 0) is 24.1 Å². The molecule has 100 valence electrons. The molecule has 0 spiro atoms. The molecule has 0 saturated carbocycles. The van der Waals surface area contributed by atoms with Gasteiger partial charge in [0.2, 0.25) is 0 Å². The Balaban J connectivity index is 1.87. The third-order valence-electron chi connectivity index (χ3n) is 3.92. The van der Waals surface area contributed by atoms with Crippen molar-refractivity contribution in [3.8, 4) is 0 Å². The highest BCUT2D eigenvalue weighted by molar-refractivity contribution is 5.80. The van der Waals surface area contributed by atoms with Crippen LogP contribution in [0.3, 0.4) is 0 Å². The van der Waals surface area contributed by atoms with E-state index < -0.39 is 0 Å². The topological polar surface area (TPSA) is 28.2 Å². The molecule has 2 heterocycles. The molecule has 0 radical (unpaired) electrons. The Kier molecular flexibility index (Phi) is 3.38. The first-order chi connectivity index (χ1) is 9.24. The lowest BCUT2D eigenvalue weighted by Crippen LogP contribution is -2.53. The molecule has 1 atom stereocenters. The zero-order valence-corrected chi connectivity index (χ0v) is 11.6. The fraction of sp³-hybridized carbons (Fsp3) is 0.438. The molecule has 3 heteroatoms. The molecule has 1 aliphatic heterocycles. The standard InChI is InChI=1S/C16H21N3/c1-12(2)15-11-19(10-9-17-15)16-8-7-13-5-3-4-6-14(13)18-16/h3-8,12,15,17H,9-11H2,1-2H3/t15-/m1/s1. The van der Waals surface area contributed by atoms with Gasteiger partial charge in [0.25, 0.3) is 0 Å². The molecule has 1 fully saturated rings. The largest absolute Gasteiger partial charge is 0.354 e. The highest BCUT2D eigenvalue weighted by Crippen LogP contribution is 2.20. The van der Waals surface area contributed by atoms with E-state index in [4.69, 9.17) is 4.98 Å². The van der Waals surface area contributed by atoms with Crippen molar-refractivity contribution in [1.82, 2.24) is 10.3 Å². The summed E-state index contributed by atoms with van der Waals surface area (Å²) in [5.74, 6) is 1.76. The van der Waals surface area contributed by atoms with Gasteiger partial charge in [-0.15, -0.1) is 0 Å². The van der Waals surface area contributed by atoms with Gasteiger partial charge in [0.05, 0.1) is 5.52 Å². The second-order valence-corrected chi connectivity index (χ2v) is 5.61. The van der Waals surface area contributed by atoms with Gasteiger partial charge < -0.3 is 10.2 Å². The molecule has 2 aromatic rings. The summed E-state index contributed by atoms with van der Waals surface area (Å²) in [4.78, 5) is 7.19. The smallest absolute Gasteiger partial charge is 0.129 e. The van der Waals surface area contributed by atoms with Crippen LogP contribution in [0.15, 0.2) is 36.4 Å². The van der Waals surface area contributed by atoms with Gasteiger partial charge in [0.1, 0.15) is 5.82 Å². The van der Waals surface area contributed by atoms with Crippen LogP contribution < -0.4 is 10.2 Å². The number of hydrogen-bond donors (Lipinski definition) is 1. The predicted molar refractivity (Wildman–Crippen MR) is 80.6 cm³/mol. The van der Waals surface area contributed by atoms with Crippen LogP contribution in [0.2, 0.25) is 0 Å². The number of anilines is 1. The Hall–Kier alpha value is -1.61. The summed E-state index contributed by atoms with van der Waals surface area (Å²) in [7, 11) is 0. The van der Waals surface area contributed by atoms with Crippen molar-refractivity contribution in [3.05, 3.63) is 36.4 Å². The van der Waals surface area contributed by atoms with E-state index in [1.54, 1.807) is 0 Å². The fourth-order valence-corrected chi connectivity index (χ4v) is 2.66. The molecular formula is C16H21N3. The average molecular weight is 255 g/mol. The van der Waals surface area contributed by atoms with Crippen LogP contribution in [0, 0.1) is 5.92 Å². The minimum absolute atomic E-state index is 0.557. The Bertz CT molecular complexity index is 565. The normalized spacial score (nSPS) is 20.2. The van der Waals surface area contributed by atoms with Gasteiger partial charge in [-0.3, -0.25) is 0 Å². The number of aromatic nitrogens is 1. The van der Waals surface area contributed by atoms with E-state index in [1.807, 2.05) is 6.07 Å². The van der Waals surface area contributed by atoms with Gasteiger partial charge in [-0.25, -0.2) is 4.98 Å². The Labute approximate surface area is 114 Å². The van der Waals surface area contributed by atoms with Gasteiger partial charge in [-0.2, -0.15) is 0 Å². The van der Waals surface area contributed by atoms with Crippen molar-refractivity contribution in [2.24, 2.45) is 5.92 Å². The lowest BCUT2D eigenvalue weighted by molar-refractivity contribution is 0.367. The molecule has 19 heavy (non-hydrogen) atoms. The maximum atomic E-state index is 4.79. The zero-order valence-electron chi connectivity index (χ0n) is 11.6. The number of rotatable bonds is 2. The molecule has 0 amide bonds. The van der Waals surface area contributed by atoms with Crippen molar-refractivity contribution in [2.75, 3.05) is 24.5 Å². The van der Waals surface area contributed by atoms with E-state index in [0.29, 0.717) is 12.0 Å². The van der Waals surface area contributed by atoms with Crippen LogP contribution in [0.4, 0.5) is 5.82 Å². The van der Waals surface area contributed by atoms with E-state index >= 15 is 0 Å². The molecule has 1 aromatic carbocycles. The maximum Gasteiger partial charge on any atom is 0.129 e. The quantitative estimate of drug-likeness (QED) is 0.894. The molecule has 3 nitrogen and oxygen atoms in total. The lowest BCUT2D eigenvalue weighted by atomic mass is 10.0. The third kappa shape index (κ3) is 2.56. The van der Waals surface area contributed by atoms with E-state index in [2.05, 4.69) is 54.4 Å². The van der Waals surface area contributed by atoms with Crippen LogP contribution in [0.25, 0.3) is 10.9 Å². The van der Waals surface area contributed by atoms with Crippen LogP contribution in [0.5, 0.6) is 0 Å². The van der Waals surface area contributed by atoms with Crippen molar-refractivity contribution in [2.45, 2.75) is 19.9 Å². The number of benzene rings is 1. The first-order valence-corrected chi connectivity index (χ1v) is 7.08. The van der Waals surface area contributed by atoms with Gasteiger partial charge in [0, 0.05) is 31.1 Å². The predicted octanol–water partition coefficient (Wildman–Crippen LogP) is 2.67. The van der Waals surface area contributed by atoms with Crippen LogP contribution in [-0.4, -0.2) is 30.7 Å². The Morgan fingerprint density at radius 2 is 2.05 bits per heavy atom. The van der Waals surface area contributed by atoms with Gasteiger partial charge >= 0.3 is 0 Å². The number of nitrogens with one attached hydrogen (secondary N) is 1. The fourth-order valence-electron chi connectivity index (χ4n) is 2.66. The van der Waals surface area contributed by atoms with Crippen molar-refractivity contribution in [3.63, 3.8) is 0 Å². The third-order valence-corrected chi connectivity index (χ3v) is 3.92. The molecule has 1 N–H and O–H groups in total. The summed E-state index contributed by atoms with van der Waals surface area (Å²) in [5.41, 5.74) is 1.08. The summed E-state index contributed by atoms with van der Waals surface area (Å²) in [6.07, 6.45) is 0. The number of piperazine rings is 1. The summed E-state index contributed by atoms with van der Waals surface area (Å²) in [6, 6.07) is 13.2. The van der Waals surface area contributed by atoms with Gasteiger partial charge in [-0.1, -0.05) is 32.0 Å². The maximum absolute atomic E-state index is 4.79. The second kappa shape index (κ2) is 5.17. The molecule has 3 rings (SSSR count). The van der Waals surface area contributed by atoms with Crippen LogP contribution in [-0.2, 0) is 0 Å². The molecule has 0 aliphatic carbocycles. The summed E-state index contributed by atoms with van der Waals surface area (Å²) in [5, 5.41) is 4.80. The summed E-state index contributed by atoms with van der Waals surface area (Å²) < 4.78 is 0. The number of hydrogen-bond acceptors (Lipinski definition) is 3. The molecule has 1 aliphatic rings. The number of fused-ring (bicyclic) bond motifs is 1. The summed E-state index contributed by atoms with van der Waals surface area (Å²) in [6.45, 7) is 7.67. The van der Waals surface area contributed by atoms with Crippen molar-refractivity contribution in [1.29, 1.82) is 0 Å². The van der Waals surface area contributed by atoms with E-state index in [1.165, 1.54) is 5.39 Å². The second-order valence-electron chi connectivity index (χ2n) is 5.61. The number of nitrogens with zero attached hydrogens (tertiary/aromatic N) is 2. The zero-order chi connectivity index (χ0) is 13.2. The Morgan fingerprint density at radius 3 is 2.89 bits per heavy atom. The monoisotopic (exact) mass is 255 g/mol. The SMILES string of the molecule is CC(C)[C@H]1CN(c2ccc3ccccc3n2)CCN1. The average Bonchev–Trinajstić information content (AvgIpc) is 2.47. The molecule has 0 unspecified atom stereocenters.